The van der Waals surface area contributed by atoms with Crippen LogP contribution in [0.15, 0.2) is 48.5 Å². The molecule has 0 saturated carbocycles. The number of carboxylic acids is 1. The van der Waals surface area contributed by atoms with Crippen LogP contribution in [0.1, 0.15) is 39.1 Å². The lowest BCUT2D eigenvalue weighted by molar-refractivity contribution is -0.117. The minimum atomic E-state index is -1.03. The highest BCUT2D eigenvalue weighted by Crippen LogP contribution is 2.22. The number of carbonyl (C=O) groups excluding carboxylic acids is 2. The van der Waals surface area contributed by atoms with Gasteiger partial charge in [0.2, 0.25) is 5.91 Å². The molecule has 1 fully saturated rings. The summed E-state index contributed by atoms with van der Waals surface area (Å²) in [6.07, 6.45) is 1.44. The number of nitrogens with zero attached hydrogens (tertiary/aromatic N) is 1. The third-order valence-electron chi connectivity index (χ3n) is 4.14. The van der Waals surface area contributed by atoms with Crippen LogP contribution in [0.4, 0.5) is 5.69 Å². The minimum Gasteiger partial charge on any atom is -0.478 e. The second-order valence-corrected chi connectivity index (χ2v) is 5.88. The van der Waals surface area contributed by atoms with Gasteiger partial charge in [-0.15, -0.1) is 0 Å². The van der Waals surface area contributed by atoms with Gasteiger partial charge in [0.05, 0.1) is 5.56 Å². The maximum atomic E-state index is 12.2. The van der Waals surface area contributed by atoms with Gasteiger partial charge in [-0.3, -0.25) is 9.59 Å². The summed E-state index contributed by atoms with van der Waals surface area (Å²) in [6.45, 7) is 1.06. The highest BCUT2D eigenvalue weighted by molar-refractivity contribution is 5.96. The molecule has 2 aromatic carbocycles. The molecule has 6 nitrogen and oxygen atoms in total. The Morgan fingerprint density at radius 3 is 2.44 bits per heavy atom. The highest BCUT2D eigenvalue weighted by atomic mass is 16.4. The van der Waals surface area contributed by atoms with Gasteiger partial charge < -0.3 is 15.3 Å². The van der Waals surface area contributed by atoms with Crippen LogP contribution < -0.4 is 10.2 Å². The highest BCUT2D eigenvalue weighted by Gasteiger charge is 2.21. The fourth-order valence-electron chi connectivity index (χ4n) is 2.80. The fraction of sp³-hybridized carbons (Fsp3) is 0.211. The number of nitrogens with one attached hydrogen (secondary N) is 1. The largest absolute Gasteiger partial charge is 0.478 e. The molecule has 1 heterocycles. The molecular formula is C19H18N2O4. The smallest absolute Gasteiger partial charge is 0.335 e. The first kappa shape index (κ1) is 16.7. The summed E-state index contributed by atoms with van der Waals surface area (Å²) in [6, 6.07) is 13.3. The first-order valence-corrected chi connectivity index (χ1v) is 8.05. The zero-order chi connectivity index (χ0) is 17.8. The number of rotatable bonds is 5. The van der Waals surface area contributed by atoms with Crippen LogP contribution in [0.2, 0.25) is 0 Å². The summed E-state index contributed by atoms with van der Waals surface area (Å²) in [5.41, 5.74) is 2.28. The van der Waals surface area contributed by atoms with E-state index < -0.39 is 5.97 Å². The summed E-state index contributed by atoms with van der Waals surface area (Å²) in [5.74, 6) is -1.18. The lowest BCUT2D eigenvalue weighted by atomic mass is 10.1. The van der Waals surface area contributed by atoms with E-state index in [1.807, 2.05) is 24.3 Å². The average Bonchev–Trinajstić information content (AvgIpc) is 3.06. The van der Waals surface area contributed by atoms with E-state index in [9.17, 15) is 14.4 Å². The van der Waals surface area contributed by atoms with E-state index in [1.165, 1.54) is 24.3 Å². The SMILES string of the molecule is O=C(O)c1ccc(C(=O)NCc2cccc(N3CCCC3=O)c2)cc1. The van der Waals surface area contributed by atoms with Crippen molar-refractivity contribution in [3.8, 4) is 0 Å². The zero-order valence-corrected chi connectivity index (χ0v) is 13.6. The van der Waals surface area contributed by atoms with E-state index in [0.29, 0.717) is 18.5 Å². The van der Waals surface area contributed by atoms with Crippen LogP contribution >= 0.6 is 0 Å². The van der Waals surface area contributed by atoms with Crippen molar-refractivity contribution in [1.82, 2.24) is 5.32 Å². The van der Waals surface area contributed by atoms with E-state index >= 15 is 0 Å². The summed E-state index contributed by atoms with van der Waals surface area (Å²) >= 11 is 0. The first-order chi connectivity index (χ1) is 12.0. The van der Waals surface area contributed by atoms with Crippen molar-refractivity contribution < 1.29 is 19.5 Å². The Kier molecular flexibility index (Phi) is 4.79. The molecule has 0 atom stereocenters. The number of anilines is 1. The molecule has 1 aliphatic heterocycles. The number of hydrogen-bond donors (Lipinski definition) is 2. The molecule has 2 amide bonds. The Labute approximate surface area is 145 Å². The molecule has 25 heavy (non-hydrogen) atoms. The molecule has 0 aromatic heterocycles. The Bertz CT molecular complexity index is 814. The van der Waals surface area contributed by atoms with Gasteiger partial charge in [-0.1, -0.05) is 12.1 Å². The molecule has 0 aliphatic carbocycles. The van der Waals surface area contributed by atoms with Gasteiger partial charge in [0.1, 0.15) is 0 Å². The standard InChI is InChI=1S/C19H18N2O4/c22-17-5-2-10-21(17)16-4-1-3-13(11-16)12-20-18(23)14-6-8-15(9-7-14)19(24)25/h1,3-4,6-9,11H,2,5,10,12H2,(H,20,23)(H,24,25). The summed E-state index contributed by atoms with van der Waals surface area (Å²) < 4.78 is 0. The van der Waals surface area contributed by atoms with Crippen molar-refractivity contribution in [3.05, 3.63) is 65.2 Å². The van der Waals surface area contributed by atoms with Crippen molar-refractivity contribution in [1.29, 1.82) is 0 Å². The molecule has 128 valence electrons. The van der Waals surface area contributed by atoms with E-state index in [-0.39, 0.29) is 17.4 Å². The summed E-state index contributed by atoms with van der Waals surface area (Å²) in [5, 5.41) is 11.7. The van der Waals surface area contributed by atoms with Crippen LogP contribution in [0.25, 0.3) is 0 Å². The number of amides is 2. The molecule has 0 bridgehead atoms. The number of aromatic carboxylic acids is 1. The molecule has 0 spiro atoms. The van der Waals surface area contributed by atoms with Crippen molar-refractivity contribution >= 4 is 23.5 Å². The van der Waals surface area contributed by atoms with Crippen LogP contribution in [0, 0.1) is 0 Å². The maximum Gasteiger partial charge on any atom is 0.335 e. The second-order valence-electron chi connectivity index (χ2n) is 5.88. The van der Waals surface area contributed by atoms with E-state index in [2.05, 4.69) is 5.32 Å². The van der Waals surface area contributed by atoms with Gasteiger partial charge in [-0.05, 0) is 48.4 Å². The van der Waals surface area contributed by atoms with Gasteiger partial charge in [0, 0.05) is 30.8 Å². The van der Waals surface area contributed by atoms with Crippen LogP contribution in [-0.2, 0) is 11.3 Å². The Morgan fingerprint density at radius 1 is 1.08 bits per heavy atom. The second kappa shape index (κ2) is 7.17. The molecule has 3 rings (SSSR count). The molecule has 0 radical (unpaired) electrons. The third kappa shape index (κ3) is 3.85. The lowest BCUT2D eigenvalue weighted by Crippen LogP contribution is -2.25. The first-order valence-electron chi connectivity index (χ1n) is 8.05. The predicted molar refractivity (Wildman–Crippen MR) is 92.6 cm³/mol. The van der Waals surface area contributed by atoms with Gasteiger partial charge in [0.15, 0.2) is 0 Å². The van der Waals surface area contributed by atoms with Crippen molar-refractivity contribution in [2.45, 2.75) is 19.4 Å². The van der Waals surface area contributed by atoms with Crippen molar-refractivity contribution in [3.63, 3.8) is 0 Å². The van der Waals surface area contributed by atoms with Gasteiger partial charge in [0.25, 0.3) is 5.91 Å². The normalized spacial score (nSPS) is 13.8. The van der Waals surface area contributed by atoms with Crippen LogP contribution in [0.3, 0.4) is 0 Å². The quantitative estimate of drug-likeness (QED) is 0.877. The molecule has 2 aromatic rings. The van der Waals surface area contributed by atoms with Crippen LogP contribution in [0.5, 0.6) is 0 Å². The lowest BCUT2D eigenvalue weighted by Gasteiger charge is -2.16. The average molecular weight is 338 g/mol. The monoisotopic (exact) mass is 338 g/mol. The topological polar surface area (TPSA) is 86.7 Å². The van der Waals surface area contributed by atoms with Gasteiger partial charge >= 0.3 is 5.97 Å². The molecule has 1 aliphatic rings. The Hall–Kier alpha value is -3.15. The van der Waals surface area contributed by atoms with E-state index in [4.69, 9.17) is 5.11 Å². The Balaban J connectivity index is 1.64. The fourth-order valence-corrected chi connectivity index (χ4v) is 2.80. The number of carbonyl (C=O) groups is 3. The molecule has 6 heteroatoms. The predicted octanol–water partition coefficient (Wildman–Crippen LogP) is 2.44. The number of benzene rings is 2. The van der Waals surface area contributed by atoms with E-state index in [1.54, 1.807) is 4.90 Å². The van der Waals surface area contributed by atoms with Crippen LogP contribution in [-0.4, -0.2) is 29.4 Å². The van der Waals surface area contributed by atoms with Crippen molar-refractivity contribution in [2.75, 3.05) is 11.4 Å². The summed E-state index contributed by atoms with van der Waals surface area (Å²) in [4.78, 5) is 36.6. The molecule has 2 N–H and O–H groups in total. The number of carboxylic acid groups (broad SMARTS) is 1. The molecular weight excluding hydrogens is 320 g/mol. The van der Waals surface area contributed by atoms with E-state index in [0.717, 1.165) is 24.2 Å². The molecule has 1 saturated heterocycles. The molecule has 0 unspecified atom stereocenters. The minimum absolute atomic E-state index is 0.125. The maximum absolute atomic E-state index is 12.2. The van der Waals surface area contributed by atoms with Gasteiger partial charge in [-0.2, -0.15) is 0 Å². The van der Waals surface area contributed by atoms with Crippen molar-refractivity contribution in [2.24, 2.45) is 0 Å². The Morgan fingerprint density at radius 2 is 1.80 bits per heavy atom. The van der Waals surface area contributed by atoms with Gasteiger partial charge in [-0.25, -0.2) is 4.79 Å². The zero-order valence-electron chi connectivity index (χ0n) is 13.6. The third-order valence-corrected chi connectivity index (χ3v) is 4.14. The summed E-state index contributed by atoms with van der Waals surface area (Å²) in [7, 11) is 0. The number of hydrogen-bond acceptors (Lipinski definition) is 3.